The summed E-state index contributed by atoms with van der Waals surface area (Å²) in [5.74, 6) is -0.226. The van der Waals surface area contributed by atoms with E-state index in [0.717, 1.165) is 6.42 Å². The second-order valence-corrected chi connectivity index (χ2v) is 3.91. The average Bonchev–Trinajstić information content (AvgIpc) is 2.96. The highest BCUT2D eigenvalue weighted by molar-refractivity contribution is 5.78. The molecule has 1 fully saturated rings. The molecule has 3 rings (SSSR count). The molecule has 1 aliphatic heterocycles. The highest BCUT2D eigenvalue weighted by Crippen LogP contribution is 2.23. The van der Waals surface area contributed by atoms with Crippen molar-refractivity contribution in [1.29, 1.82) is 0 Å². The van der Waals surface area contributed by atoms with E-state index in [-0.39, 0.29) is 0 Å². The number of aromatic nitrogens is 5. The molecular formula is C9H10N6O2. The summed E-state index contributed by atoms with van der Waals surface area (Å²) in [6.45, 7) is 0.692. The molecule has 0 saturated carbocycles. The first-order valence-corrected chi connectivity index (χ1v) is 5.30. The third-order valence-corrected chi connectivity index (χ3v) is 2.89. The maximum absolute atomic E-state index is 11.1. The molecule has 8 nitrogen and oxygen atoms in total. The molecular weight excluding hydrogens is 224 g/mol. The lowest BCUT2D eigenvalue weighted by molar-refractivity contribution is -0.138. The van der Waals surface area contributed by atoms with Crippen LogP contribution in [0.1, 0.15) is 12.8 Å². The molecule has 0 radical (unpaired) electrons. The van der Waals surface area contributed by atoms with Crippen LogP contribution in [0.5, 0.6) is 0 Å². The molecule has 1 aliphatic rings. The van der Waals surface area contributed by atoms with Gasteiger partial charge in [-0.3, -0.25) is 0 Å². The van der Waals surface area contributed by atoms with Crippen LogP contribution >= 0.6 is 0 Å². The molecule has 3 heterocycles. The van der Waals surface area contributed by atoms with Gasteiger partial charge in [-0.05, 0) is 35.4 Å². The molecule has 1 saturated heterocycles. The number of anilines is 1. The number of tetrazole rings is 1. The average molecular weight is 234 g/mol. The number of carbonyl (C=O) groups is 1. The minimum absolute atomic E-state index is 0.503. The van der Waals surface area contributed by atoms with Gasteiger partial charge >= 0.3 is 5.97 Å². The minimum atomic E-state index is -0.818. The second-order valence-electron chi connectivity index (χ2n) is 3.91. The van der Waals surface area contributed by atoms with Crippen LogP contribution in [0.3, 0.4) is 0 Å². The van der Waals surface area contributed by atoms with Crippen LogP contribution < -0.4 is 4.90 Å². The Morgan fingerprint density at radius 2 is 2.35 bits per heavy atom. The van der Waals surface area contributed by atoms with Crippen molar-refractivity contribution in [2.75, 3.05) is 11.4 Å². The van der Waals surface area contributed by atoms with Crippen LogP contribution in [0.4, 0.5) is 5.82 Å². The third-order valence-electron chi connectivity index (χ3n) is 2.89. The molecule has 1 unspecified atom stereocenters. The number of carboxylic acid groups (broad SMARTS) is 1. The van der Waals surface area contributed by atoms with Crippen LogP contribution in [0.25, 0.3) is 5.65 Å². The van der Waals surface area contributed by atoms with Crippen LogP contribution in [-0.4, -0.2) is 48.9 Å². The van der Waals surface area contributed by atoms with E-state index in [0.29, 0.717) is 24.4 Å². The van der Waals surface area contributed by atoms with E-state index in [4.69, 9.17) is 5.11 Å². The van der Waals surface area contributed by atoms with Gasteiger partial charge in [0.1, 0.15) is 6.04 Å². The molecule has 2 aromatic heterocycles. The number of hydrogen-bond donors (Lipinski definition) is 1. The van der Waals surface area contributed by atoms with Crippen LogP contribution in [0, 0.1) is 0 Å². The van der Waals surface area contributed by atoms with Gasteiger partial charge in [0.05, 0.1) is 0 Å². The topological polar surface area (TPSA) is 96.5 Å². The zero-order valence-electron chi connectivity index (χ0n) is 8.89. The molecule has 0 spiro atoms. The maximum atomic E-state index is 11.1. The van der Waals surface area contributed by atoms with Gasteiger partial charge in [0, 0.05) is 6.54 Å². The number of nitrogens with zero attached hydrogens (tertiary/aromatic N) is 6. The fourth-order valence-electron chi connectivity index (χ4n) is 2.09. The van der Waals surface area contributed by atoms with Gasteiger partial charge in [-0.25, -0.2) is 4.79 Å². The minimum Gasteiger partial charge on any atom is -0.480 e. The Morgan fingerprint density at radius 3 is 3.18 bits per heavy atom. The van der Waals surface area contributed by atoms with E-state index in [1.165, 1.54) is 4.63 Å². The lowest BCUT2D eigenvalue weighted by atomic mass is 10.2. The van der Waals surface area contributed by atoms with Crippen molar-refractivity contribution in [3.63, 3.8) is 0 Å². The summed E-state index contributed by atoms with van der Waals surface area (Å²) in [4.78, 5) is 12.8. The SMILES string of the molecule is O=C(O)C1CCCN1c1ccc2nnnn2n1. The summed E-state index contributed by atoms with van der Waals surface area (Å²) in [5.41, 5.74) is 0.542. The Balaban J connectivity index is 1.99. The molecule has 1 atom stereocenters. The number of aliphatic carboxylic acids is 1. The molecule has 2 aromatic rings. The first kappa shape index (κ1) is 9.94. The van der Waals surface area contributed by atoms with Crippen LogP contribution in [0.2, 0.25) is 0 Å². The zero-order chi connectivity index (χ0) is 11.8. The van der Waals surface area contributed by atoms with Crippen molar-refractivity contribution in [3.8, 4) is 0 Å². The summed E-state index contributed by atoms with van der Waals surface area (Å²) >= 11 is 0. The molecule has 0 aromatic carbocycles. The van der Waals surface area contributed by atoms with Crippen LogP contribution in [-0.2, 0) is 4.79 Å². The van der Waals surface area contributed by atoms with Gasteiger partial charge in [0.25, 0.3) is 0 Å². The van der Waals surface area contributed by atoms with Crippen molar-refractivity contribution in [2.45, 2.75) is 18.9 Å². The molecule has 0 bridgehead atoms. The van der Waals surface area contributed by atoms with E-state index in [2.05, 4.69) is 20.6 Å². The lowest BCUT2D eigenvalue weighted by Crippen LogP contribution is -2.36. The number of rotatable bonds is 2. The second kappa shape index (κ2) is 3.65. The first-order chi connectivity index (χ1) is 8.25. The Hall–Kier alpha value is -2.25. The Bertz CT molecular complexity index is 567. The van der Waals surface area contributed by atoms with Gasteiger partial charge in [-0.1, -0.05) is 0 Å². The van der Waals surface area contributed by atoms with Crippen molar-refractivity contribution < 1.29 is 9.90 Å². The Kier molecular flexibility index (Phi) is 2.13. The molecule has 8 heteroatoms. The monoisotopic (exact) mass is 234 g/mol. The third kappa shape index (κ3) is 1.57. The van der Waals surface area contributed by atoms with E-state index < -0.39 is 12.0 Å². The highest BCUT2D eigenvalue weighted by atomic mass is 16.4. The Morgan fingerprint density at radius 1 is 1.47 bits per heavy atom. The summed E-state index contributed by atoms with van der Waals surface area (Å²) < 4.78 is 1.30. The molecule has 1 N–H and O–H groups in total. The zero-order valence-corrected chi connectivity index (χ0v) is 8.89. The van der Waals surface area contributed by atoms with Crippen molar-refractivity contribution in [2.24, 2.45) is 0 Å². The maximum Gasteiger partial charge on any atom is 0.326 e. The van der Waals surface area contributed by atoms with Crippen molar-refractivity contribution in [1.82, 2.24) is 25.3 Å². The first-order valence-electron chi connectivity index (χ1n) is 5.30. The van der Waals surface area contributed by atoms with E-state index >= 15 is 0 Å². The van der Waals surface area contributed by atoms with Gasteiger partial charge < -0.3 is 10.0 Å². The fourth-order valence-corrected chi connectivity index (χ4v) is 2.09. The summed E-state index contributed by atoms with van der Waals surface area (Å²) in [5, 5.41) is 24.2. The van der Waals surface area contributed by atoms with Crippen molar-refractivity contribution in [3.05, 3.63) is 12.1 Å². The largest absolute Gasteiger partial charge is 0.480 e. The van der Waals surface area contributed by atoms with Crippen molar-refractivity contribution >= 4 is 17.4 Å². The highest BCUT2D eigenvalue weighted by Gasteiger charge is 2.31. The number of hydrogen-bond acceptors (Lipinski definition) is 6. The van der Waals surface area contributed by atoms with E-state index in [1.807, 2.05) is 0 Å². The summed E-state index contributed by atoms with van der Waals surface area (Å²) in [6, 6.07) is 2.96. The summed E-state index contributed by atoms with van der Waals surface area (Å²) in [6.07, 6.45) is 1.50. The van der Waals surface area contributed by atoms with Gasteiger partial charge in [-0.15, -0.1) is 14.8 Å². The fraction of sp³-hybridized carbons (Fsp3) is 0.444. The van der Waals surface area contributed by atoms with Gasteiger partial charge in [0.15, 0.2) is 11.5 Å². The van der Waals surface area contributed by atoms with Gasteiger partial charge in [0.2, 0.25) is 0 Å². The van der Waals surface area contributed by atoms with Crippen LogP contribution in [0.15, 0.2) is 12.1 Å². The standard InChI is InChI=1S/C9H10N6O2/c16-9(17)6-2-1-5-14(6)8-4-3-7-10-12-13-15(7)11-8/h3-4,6H,1-2,5H2,(H,16,17). The smallest absolute Gasteiger partial charge is 0.326 e. The molecule has 0 amide bonds. The quantitative estimate of drug-likeness (QED) is 0.753. The number of fused-ring (bicyclic) bond motifs is 1. The number of carboxylic acids is 1. The predicted octanol–water partition coefficient (Wildman–Crippen LogP) is -0.427. The van der Waals surface area contributed by atoms with Gasteiger partial charge in [-0.2, -0.15) is 0 Å². The Labute approximate surface area is 95.8 Å². The molecule has 17 heavy (non-hydrogen) atoms. The lowest BCUT2D eigenvalue weighted by Gasteiger charge is -2.21. The molecule has 88 valence electrons. The predicted molar refractivity (Wildman–Crippen MR) is 56.6 cm³/mol. The normalized spacial score (nSPS) is 20.0. The van der Waals surface area contributed by atoms with E-state index in [9.17, 15) is 4.79 Å². The molecule has 0 aliphatic carbocycles. The van der Waals surface area contributed by atoms with E-state index in [1.54, 1.807) is 17.0 Å². The summed E-state index contributed by atoms with van der Waals surface area (Å²) in [7, 11) is 0.